The average Bonchev–Trinajstić information content (AvgIpc) is 3.34. The van der Waals surface area contributed by atoms with Gasteiger partial charge in [-0.25, -0.2) is 4.39 Å². The van der Waals surface area contributed by atoms with Crippen molar-refractivity contribution in [1.82, 2.24) is 29.4 Å². The van der Waals surface area contributed by atoms with Gasteiger partial charge in [0.05, 0.1) is 6.42 Å². The standard InChI is InChI=1S/C20H23FN6O/c1-25-18(14-27-10-4-9-22-27)23-24-20(25)15-7-11-26(12-8-15)19(28)13-16-5-2-3-6-17(16)21/h2-6,9-10,15H,7-8,11-14H2,1H3. The van der Waals surface area contributed by atoms with E-state index in [-0.39, 0.29) is 24.1 Å². The van der Waals surface area contributed by atoms with Gasteiger partial charge in [-0.1, -0.05) is 18.2 Å². The van der Waals surface area contributed by atoms with Crippen LogP contribution in [-0.4, -0.2) is 48.4 Å². The molecule has 0 N–H and O–H groups in total. The van der Waals surface area contributed by atoms with Crippen molar-refractivity contribution in [2.24, 2.45) is 7.05 Å². The first kappa shape index (κ1) is 18.3. The van der Waals surface area contributed by atoms with Crippen molar-refractivity contribution in [3.63, 3.8) is 0 Å². The Morgan fingerprint density at radius 1 is 1.18 bits per heavy atom. The molecule has 1 amide bonds. The molecular weight excluding hydrogens is 359 g/mol. The highest BCUT2D eigenvalue weighted by Crippen LogP contribution is 2.27. The Morgan fingerprint density at radius 3 is 2.68 bits per heavy atom. The Labute approximate surface area is 162 Å². The fourth-order valence-corrected chi connectivity index (χ4v) is 3.71. The summed E-state index contributed by atoms with van der Waals surface area (Å²) >= 11 is 0. The number of carbonyl (C=O) groups excluding carboxylic acids is 1. The minimum absolute atomic E-state index is 0.0270. The molecule has 0 spiro atoms. The third kappa shape index (κ3) is 3.81. The molecule has 0 unspecified atom stereocenters. The summed E-state index contributed by atoms with van der Waals surface area (Å²) in [6.07, 6.45) is 5.40. The Balaban J connectivity index is 1.36. The molecule has 1 saturated heterocycles. The monoisotopic (exact) mass is 382 g/mol. The van der Waals surface area contributed by atoms with Crippen LogP contribution >= 0.6 is 0 Å². The molecule has 0 saturated carbocycles. The Kier molecular flexibility index (Phi) is 5.18. The van der Waals surface area contributed by atoms with Gasteiger partial charge >= 0.3 is 0 Å². The number of hydrogen-bond acceptors (Lipinski definition) is 4. The maximum Gasteiger partial charge on any atom is 0.227 e. The average molecular weight is 382 g/mol. The second-order valence-corrected chi connectivity index (χ2v) is 7.16. The van der Waals surface area contributed by atoms with Gasteiger partial charge in [0.1, 0.15) is 18.2 Å². The normalized spacial score (nSPS) is 15.1. The molecule has 0 radical (unpaired) electrons. The van der Waals surface area contributed by atoms with Crippen molar-refractivity contribution in [2.45, 2.75) is 31.7 Å². The number of amides is 1. The molecule has 2 aromatic heterocycles. The van der Waals surface area contributed by atoms with Gasteiger partial charge in [-0.3, -0.25) is 9.48 Å². The maximum atomic E-state index is 13.8. The lowest BCUT2D eigenvalue weighted by molar-refractivity contribution is -0.131. The van der Waals surface area contributed by atoms with Gasteiger partial charge < -0.3 is 9.47 Å². The van der Waals surface area contributed by atoms with Gasteiger partial charge in [-0.15, -0.1) is 10.2 Å². The molecule has 1 aliphatic rings. The first-order valence-electron chi connectivity index (χ1n) is 9.48. The van der Waals surface area contributed by atoms with Crippen LogP contribution in [0.25, 0.3) is 0 Å². The second kappa shape index (κ2) is 7.92. The fraction of sp³-hybridized carbons (Fsp3) is 0.400. The summed E-state index contributed by atoms with van der Waals surface area (Å²) in [6, 6.07) is 8.33. The summed E-state index contributed by atoms with van der Waals surface area (Å²) in [7, 11) is 1.98. The lowest BCUT2D eigenvalue weighted by Gasteiger charge is -2.31. The van der Waals surface area contributed by atoms with Crippen molar-refractivity contribution in [3.05, 3.63) is 65.8 Å². The highest BCUT2D eigenvalue weighted by Gasteiger charge is 2.27. The third-order valence-electron chi connectivity index (χ3n) is 5.37. The van der Waals surface area contributed by atoms with Crippen LogP contribution in [0.4, 0.5) is 4.39 Å². The highest BCUT2D eigenvalue weighted by molar-refractivity contribution is 5.78. The van der Waals surface area contributed by atoms with E-state index >= 15 is 0 Å². The molecule has 0 atom stereocenters. The molecule has 1 aromatic carbocycles. The van der Waals surface area contributed by atoms with E-state index in [1.54, 1.807) is 24.4 Å². The van der Waals surface area contributed by atoms with Crippen LogP contribution in [-0.2, 0) is 24.8 Å². The summed E-state index contributed by atoms with van der Waals surface area (Å²) in [5, 5.41) is 12.9. The lowest BCUT2D eigenvalue weighted by atomic mass is 9.95. The molecule has 7 nitrogen and oxygen atoms in total. The van der Waals surface area contributed by atoms with Crippen molar-refractivity contribution in [1.29, 1.82) is 0 Å². The Bertz CT molecular complexity index is 944. The summed E-state index contributed by atoms with van der Waals surface area (Å²) < 4.78 is 17.6. The molecule has 3 aromatic rings. The number of carbonyl (C=O) groups is 1. The van der Waals surface area contributed by atoms with E-state index in [2.05, 4.69) is 15.3 Å². The van der Waals surface area contributed by atoms with Crippen LogP contribution in [0.5, 0.6) is 0 Å². The summed E-state index contributed by atoms with van der Waals surface area (Å²) in [5.41, 5.74) is 0.450. The number of likely N-dealkylation sites (tertiary alicyclic amines) is 1. The Morgan fingerprint density at radius 2 is 1.96 bits per heavy atom. The molecule has 1 fully saturated rings. The predicted molar refractivity (Wildman–Crippen MR) is 101 cm³/mol. The molecule has 146 valence electrons. The molecular formula is C20H23FN6O. The van der Waals surface area contributed by atoms with Crippen molar-refractivity contribution >= 4 is 5.91 Å². The van der Waals surface area contributed by atoms with Gasteiger partial charge in [0, 0.05) is 38.4 Å². The van der Waals surface area contributed by atoms with Crippen molar-refractivity contribution < 1.29 is 9.18 Å². The smallest absolute Gasteiger partial charge is 0.227 e. The number of rotatable bonds is 5. The molecule has 0 bridgehead atoms. The number of aromatic nitrogens is 5. The topological polar surface area (TPSA) is 68.8 Å². The fourth-order valence-electron chi connectivity index (χ4n) is 3.71. The largest absolute Gasteiger partial charge is 0.342 e. The van der Waals surface area contributed by atoms with Gasteiger partial charge in [0.2, 0.25) is 5.91 Å². The number of benzene rings is 1. The zero-order valence-corrected chi connectivity index (χ0v) is 15.8. The lowest BCUT2D eigenvalue weighted by Crippen LogP contribution is -2.39. The van der Waals surface area contributed by atoms with Crippen LogP contribution in [0.2, 0.25) is 0 Å². The maximum absolute atomic E-state index is 13.8. The zero-order chi connectivity index (χ0) is 19.5. The molecule has 8 heteroatoms. The second-order valence-electron chi connectivity index (χ2n) is 7.16. The summed E-state index contributed by atoms with van der Waals surface area (Å²) in [4.78, 5) is 14.4. The minimum Gasteiger partial charge on any atom is -0.342 e. The van der Waals surface area contributed by atoms with E-state index < -0.39 is 0 Å². The quantitative estimate of drug-likeness (QED) is 0.678. The molecule has 3 heterocycles. The van der Waals surface area contributed by atoms with Gasteiger partial charge in [0.25, 0.3) is 0 Å². The molecule has 4 rings (SSSR count). The number of halogens is 1. The molecule has 1 aliphatic heterocycles. The van der Waals surface area contributed by atoms with Crippen LogP contribution in [0.1, 0.15) is 36.0 Å². The number of piperidine rings is 1. The van der Waals surface area contributed by atoms with Crippen molar-refractivity contribution in [2.75, 3.05) is 13.1 Å². The molecule has 28 heavy (non-hydrogen) atoms. The van der Waals surface area contributed by atoms with Crippen LogP contribution in [0, 0.1) is 5.82 Å². The van der Waals surface area contributed by atoms with Crippen LogP contribution in [0.15, 0.2) is 42.7 Å². The van der Waals surface area contributed by atoms with Crippen LogP contribution < -0.4 is 0 Å². The van der Waals surface area contributed by atoms with E-state index in [9.17, 15) is 9.18 Å². The SMILES string of the molecule is Cn1c(Cn2cccn2)nnc1C1CCN(C(=O)Cc2ccccc2F)CC1. The van der Waals surface area contributed by atoms with Gasteiger partial charge in [-0.2, -0.15) is 5.10 Å². The van der Waals surface area contributed by atoms with Crippen molar-refractivity contribution in [3.8, 4) is 0 Å². The van der Waals surface area contributed by atoms with Gasteiger partial charge in [-0.05, 0) is 30.5 Å². The van der Waals surface area contributed by atoms with Crippen LogP contribution in [0.3, 0.4) is 0 Å². The summed E-state index contributed by atoms with van der Waals surface area (Å²) in [5.74, 6) is 1.72. The zero-order valence-electron chi connectivity index (χ0n) is 15.8. The third-order valence-corrected chi connectivity index (χ3v) is 5.37. The van der Waals surface area contributed by atoms with E-state index in [1.807, 2.05) is 33.5 Å². The van der Waals surface area contributed by atoms with E-state index in [0.717, 1.165) is 24.5 Å². The van der Waals surface area contributed by atoms with E-state index in [0.29, 0.717) is 25.2 Å². The number of hydrogen-bond donors (Lipinski definition) is 0. The van der Waals surface area contributed by atoms with E-state index in [4.69, 9.17) is 0 Å². The molecule has 0 aliphatic carbocycles. The number of nitrogens with zero attached hydrogens (tertiary/aromatic N) is 6. The Hall–Kier alpha value is -3.03. The summed E-state index contributed by atoms with van der Waals surface area (Å²) in [6.45, 7) is 1.88. The van der Waals surface area contributed by atoms with Gasteiger partial charge in [0.15, 0.2) is 5.82 Å². The minimum atomic E-state index is -0.325. The first-order valence-corrected chi connectivity index (χ1v) is 9.48. The predicted octanol–water partition coefficient (Wildman–Crippen LogP) is 2.15. The van der Waals surface area contributed by atoms with E-state index in [1.165, 1.54) is 6.07 Å². The first-order chi connectivity index (χ1) is 13.6. The highest BCUT2D eigenvalue weighted by atomic mass is 19.1.